The molecule has 0 fully saturated rings. The number of hydrogen-bond donors (Lipinski definition) is 0. The van der Waals surface area contributed by atoms with Crippen molar-refractivity contribution in [2.24, 2.45) is 0 Å². The van der Waals surface area contributed by atoms with Crippen molar-refractivity contribution in [3.8, 4) is 11.5 Å². The molecule has 0 atom stereocenters. The van der Waals surface area contributed by atoms with Crippen LogP contribution < -0.4 is 9.47 Å². The Kier molecular flexibility index (Phi) is 4.23. The molecule has 19 heavy (non-hydrogen) atoms. The SMILES string of the molecule is O=Cc1ccc(OC(=O)COc2ccccc2)cn1. The number of esters is 1. The van der Waals surface area contributed by atoms with Crippen LogP contribution in [0.1, 0.15) is 10.5 Å². The summed E-state index contributed by atoms with van der Waals surface area (Å²) >= 11 is 0. The van der Waals surface area contributed by atoms with Crippen LogP contribution in [-0.4, -0.2) is 23.8 Å². The summed E-state index contributed by atoms with van der Waals surface area (Å²) in [5, 5.41) is 0. The third-order valence-electron chi connectivity index (χ3n) is 2.21. The molecule has 5 heteroatoms. The van der Waals surface area contributed by atoms with Crippen LogP contribution in [0, 0.1) is 0 Å². The lowest BCUT2D eigenvalue weighted by atomic mass is 10.3. The lowest BCUT2D eigenvalue weighted by Gasteiger charge is -2.06. The van der Waals surface area contributed by atoms with E-state index in [4.69, 9.17) is 9.47 Å². The van der Waals surface area contributed by atoms with Gasteiger partial charge < -0.3 is 9.47 Å². The zero-order valence-corrected chi connectivity index (χ0v) is 9.98. The molecule has 1 aromatic heterocycles. The summed E-state index contributed by atoms with van der Waals surface area (Å²) in [4.78, 5) is 25.7. The maximum Gasteiger partial charge on any atom is 0.349 e. The minimum Gasteiger partial charge on any atom is -0.482 e. The van der Waals surface area contributed by atoms with E-state index in [0.29, 0.717) is 12.0 Å². The predicted octanol–water partition coefficient (Wildman–Crippen LogP) is 1.88. The Balaban J connectivity index is 1.85. The first-order valence-corrected chi connectivity index (χ1v) is 5.57. The van der Waals surface area contributed by atoms with Crippen molar-refractivity contribution < 1.29 is 19.1 Å². The third-order valence-corrected chi connectivity index (χ3v) is 2.21. The Morgan fingerprint density at radius 2 is 1.89 bits per heavy atom. The normalized spacial score (nSPS) is 9.68. The number of rotatable bonds is 5. The maximum absolute atomic E-state index is 11.5. The highest BCUT2D eigenvalue weighted by Crippen LogP contribution is 2.10. The Hall–Kier alpha value is -2.69. The minimum absolute atomic E-state index is 0.195. The van der Waals surface area contributed by atoms with Gasteiger partial charge in [-0.05, 0) is 24.3 Å². The van der Waals surface area contributed by atoms with E-state index >= 15 is 0 Å². The molecular weight excluding hydrogens is 246 g/mol. The van der Waals surface area contributed by atoms with Crippen molar-refractivity contribution in [2.75, 3.05) is 6.61 Å². The highest BCUT2D eigenvalue weighted by Gasteiger charge is 2.06. The second-order valence-corrected chi connectivity index (χ2v) is 3.61. The molecule has 1 heterocycles. The number of aldehydes is 1. The zero-order valence-electron chi connectivity index (χ0n) is 9.98. The predicted molar refractivity (Wildman–Crippen MR) is 67.2 cm³/mol. The van der Waals surface area contributed by atoms with Crippen molar-refractivity contribution in [3.63, 3.8) is 0 Å². The van der Waals surface area contributed by atoms with E-state index in [9.17, 15) is 9.59 Å². The van der Waals surface area contributed by atoms with Crippen LogP contribution in [-0.2, 0) is 4.79 Å². The van der Waals surface area contributed by atoms with E-state index in [1.165, 1.54) is 18.3 Å². The zero-order chi connectivity index (χ0) is 13.5. The van der Waals surface area contributed by atoms with Crippen molar-refractivity contribution in [3.05, 3.63) is 54.4 Å². The molecule has 5 nitrogen and oxygen atoms in total. The highest BCUT2D eigenvalue weighted by atomic mass is 16.6. The van der Waals surface area contributed by atoms with E-state index in [-0.39, 0.29) is 18.1 Å². The van der Waals surface area contributed by atoms with E-state index in [0.717, 1.165) is 0 Å². The lowest BCUT2D eigenvalue weighted by molar-refractivity contribution is -0.136. The molecule has 0 bridgehead atoms. The molecule has 0 amide bonds. The molecule has 96 valence electrons. The number of hydrogen-bond acceptors (Lipinski definition) is 5. The molecule has 1 aromatic carbocycles. The lowest BCUT2D eigenvalue weighted by Crippen LogP contribution is -2.17. The summed E-state index contributed by atoms with van der Waals surface area (Å²) in [7, 11) is 0. The van der Waals surface area contributed by atoms with Gasteiger partial charge in [0, 0.05) is 0 Å². The van der Waals surface area contributed by atoms with Crippen LogP contribution >= 0.6 is 0 Å². The van der Waals surface area contributed by atoms with Crippen molar-refractivity contribution >= 4 is 12.3 Å². The molecule has 0 spiro atoms. The Bertz CT molecular complexity index is 551. The molecule has 0 aliphatic rings. The molecule has 0 aliphatic carbocycles. The van der Waals surface area contributed by atoms with E-state index in [1.54, 1.807) is 12.1 Å². The maximum atomic E-state index is 11.5. The minimum atomic E-state index is -0.537. The first-order chi connectivity index (χ1) is 9.28. The van der Waals surface area contributed by atoms with Crippen LogP contribution in [0.4, 0.5) is 0 Å². The van der Waals surface area contributed by atoms with Gasteiger partial charge in [-0.2, -0.15) is 0 Å². The van der Waals surface area contributed by atoms with E-state index in [1.807, 2.05) is 18.2 Å². The van der Waals surface area contributed by atoms with Gasteiger partial charge in [-0.15, -0.1) is 0 Å². The van der Waals surface area contributed by atoms with Gasteiger partial charge in [-0.3, -0.25) is 4.79 Å². The first-order valence-electron chi connectivity index (χ1n) is 5.57. The molecule has 0 N–H and O–H groups in total. The van der Waals surface area contributed by atoms with Gasteiger partial charge in [0.1, 0.15) is 17.2 Å². The number of aromatic nitrogens is 1. The smallest absolute Gasteiger partial charge is 0.349 e. The largest absolute Gasteiger partial charge is 0.482 e. The van der Waals surface area contributed by atoms with E-state index < -0.39 is 5.97 Å². The number of carbonyl (C=O) groups is 2. The van der Waals surface area contributed by atoms with Gasteiger partial charge >= 0.3 is 5.97 Å². The first kappa shape index (κ1) is 12.8. The molecule has 2 aromatic rings. The second-order valence-electron chi connectivity index (χ2n) is 3.61. The number of benzene rings is 1. The van der Waals surface area contributed by atoms with Crippen molar-refractivity contribution in [1.29, 1.82) is 0 Å². The fraction of sp³-hybridized carbons (Fsp3) is 0.0714. The molecule has 0 unspecified atom stereocenters. The fourth-order valence-corrected chi connectivity index (χ4v) is 1.34. The van der Waals surface area contributed by atoms with Gasteiger partial charge in [0.2, 0.25) is 0 Å². The molecular formula is C14H11NO4. The van der Waals surface area contributed by atoms with E-state index in [2.05, 4.69) is 4.98 Å². The Labute approximate surface area is 109 Å². The highest BCUT2D eigenvalue weighted by molar-refractivity contribution is 5.74. The summed E-state index contributed by atoms with van der Waals surface area (Å²) in [5.74, 6) is 0.325. The molecule has 0 saturated heterocycles. The fourth-order valence-electron chi connectivity index (χ4n) is 1.34. The third kappa shape index (κ3) is 3.92. The summed E-state index contributed by atoms with van der Waals surface area (Å²) < 4.78 is 10.2. The summed E-state index contributed by atoms with van der Waals surface area (Å²) in [6.07, 6.45) is 1.92. The van der Waals surface area contributed by atoms with Crippen molar-refractivity contribution in [1.82, 2.24) is 4.98 Å². The standard InChI is InChI=1S/C14H11NO4/c16-9-11-6-7-13(8-15-11)19-14(17)10-18-12-4-2-1-3-5-12/h1-9H,10H2. The van der Waals surface area contributed by atoms with Gasteiger partial charge in [0.25, 0.3) is 0 Å². The van der Waals surface area contributed by atoms with Crippen molar-refractivity contribution in [2.45, 2.75) is 0 Å². The quantitative estimate of drug-likeness (QED) is 0.604. The number of nitrogens with zero attached hydrogens (tertiary/aromatic N) is 1. The topological polar surface area (TPSA) is 65.5 Å². The molecule has 0 radical (unpaired) electrons. The summed E-state index contributed by atoms with van der Waals surface area (Å²) in [6.45, 7) is -0.195. The van der Waals surface area contributed by atoms with Gasteiger partial charge in [0.05, 0.1) is 6.20 Å². The molecule has 0 aliphatic heterocycles. The van der Waals surface area contributed by atoms with Crippen LogP contribution in [0.5, 0.6) is 11.5 Å². The molecule has 0 saturated carbocycles. The number of carbonyl (C=O) groups excluding carboxylic acids is 2. The Morgan fingerprint density at radius 1 is 1.11 bits per heavy atom. The summed E-state index contributed by atoms with van der Waals surface area (Å²) in [5.41, 5.74) is 0.278. The van der Waals surface area contributed by atoms with Gasteiger partial charge in [0.15, 0.2) is 12.9 Å². The summed E-state index contributed by atoms with van der Waals surface area (Å²) in [6, 6.07) is 11.9. The second kappa shape index (κ2) is 6.30. The number of ether oxygens (including phenoxy) is 2. The van der Waals surface area contributed by atoms with Crippen LogP contribution in [0.3, 0.4) is 0 Å². The van der Waals surface area contributed by atoms with Gasteiger partial charge in [-0.1, -0.05) is 18.2 Å². The Morgan fingerprint density at radius 3 is 2.53 bits per heavy atom. The van der Waals surface area contributed by atoms with Crippen LogP contribution in [0.25, 0.3) is 0 Å². The van der Waals surface area contributed by atoms with Crippen LogP contribution in [0.2, 0.25) is 0 Å². The molecule has 2 rings (SSSR count). The van der Waals surface area contributed by atoms with Gasteiger partial charge in [-0.25, -0.2) is 9.78 Å². The van der Waals surface area contributed by atoms with Crippen LogP contribution in [0.15, 0.2) is 48.7 Å². The number of pyridine rings is 1. The number of para-hydroxylation sites is 1. The average molecular weight is 257 g/mol. The average Bonchev–Trinajstić information content (AvgIpc) is 2.47. The monoisotopic (exact) mass is 257 g/mol.